The Morgan fingerprint density at radius 1 is 1.59 bits per heavy atom. The number of carbonyl (C=O) groups excluding carboxylic acids is 1. The van der Waals surface area contributed by atoms with Gasteiger partial charge in [0.25, 0.3) is 0 Å². The van der Waals surface area contributed by atoms with Gasteiger partial charge in [-0.25, -0.2) is 9.78 Å². The van der Waals surface area contributed by atoms with E-state index in [1.807, 2.05) is 13.0 Å². The molecular weight excluding hydrogens is 238 g/mol. The van der Waals surface area contributed by atoms with Gasteiger partial charge in [0.2, 0.25) is 0 Å². The van der Waals surface area contributed by atoms with Crippen molar-refractivity contribution in [3.63, 3.8) is 0 Å². The zero-order chi connectivity index (χ0) is 13.1. The van der Waals surface area contributed by atoms with E-state index < -0.39 is 11.7 Å². The Bertz CT molecular complexity index is 454. The number of nitrogens with one attached hydrogen (secondary N) is 1. The minimum absolute atomic E-state index is 0.280. The van der Waals surface area contributed by atoms with Crippen molar-refractivity contribution in [3.05, 3.63) is 15.6 Å². The van der Waals surface area contributed by atoms with Crippen LogP contribution in [0.3, 0.4) is 0 Å². The van der Waals surface area contributed by atoms with Crippen LogP contribution < -0.4 is 5.32 Å². The van der Waals surface area contributed by atoms with Gasteiger partial charge in [0.15, 0.2) is 5.69 Å². The third-order valence-corrected chi connectivity index (χ3v) is 2.70. The van der Waals surface area contributed by atoms with Crippen LogP contribution in [0.15, 0.2) is 0 Å². The Kier molecular flexibility index (Phi) is 4.07. The van der Waals surface area contributed by atoms with E-state index in [1.165, 1.54) is 11.3 Å². The minimum atomic E-state index is -0.513. The molecule has 0 aromatic carbocycles. The molecule has 0 aliphatic rings. The van der Waals surface area contributed by atoms with E-state index in [4.69, 9.17) is 10.00 Å². The fourth-order valence-corrected chi connectivity index (χ4v) is 1.92. The average Bonchev–Trinajstić information content (AvgIpc) is 2.53. The highest BCUT2D eigenvalue weighted by Crippen LogP contribution is 2.16. The number of hydrogen-bond acceptors (Lipinski definition) is 5. The van der Waals surface area contributed by atoms with Crippen LogP contribution in [-0.4, -0.2) is 16.7 Å². The van der Waals surface area contributed by atoms with Crippen molar-refractivity contribution < 1.29 is 9.53 Å². The summed E-state index contributed by atoms with van der Waals surface area (Å²) in [6, 6.07) is 2.00. The number of thiazole rings is 1. The highest BCUT2D eigenvalue weighted by atomic mass is 32.1. The highest BCUT2D eigenvalue weighted by Gasteiger charge is 2.16. The molecule has 17 heavy (non-hydrogen) atoms. The zero-order valence-electron chi connectivity index (χ0n) is 10.3. The molecule has 1 aromatic heterocycles. The molecule has 1 aromatic rings. The van der Waals surface area contributed by atoms with E-state index in [1.54, 1.807) is 20.8 Å². The SMILES string of the molecule is Cc1sc(CNC(=O)OC(C)(C)C)nc1C#N. The van der Waals surface area contributed by atoms with Crippen molar-refractivity contribution in [1.82, 2.24) is 10.3 Å². The summed E-state index contributed by atoms with van der Waals surface area (Å²) < 4.78 is 5.08. The van der Waals surface area contributed by atoms with E-state index in [9.17, 15) is 4.79 Å². The number of alkyl carbamates (subject to hydrolysis) is 1. The number of nitrogens with zero attached hydrogens (tertiary/aromatic N) is 2. The summed E-state index contributed by atoms with van der Waals surface area (Å²) in [6.07, 6.45) is -0.483. The van der Waals surface area contributed by atoms with Crippen molar-refractivity contribution in [3.8, 4) is 6.07 Å². The number of rotatable bonds is 2. The average molecular weight is 253 g/mol. The lowest BCUT2D eigenvalue weighted by molar-refractivity contribution is 0.0523. The van der Waals surface area contributed by atoms with Crippen molar-refractivity contribution in [2.24, 2.45) is 0 Å². The molecular formula is C11H15N3O2S. The number of hydrogen-bond donors (Lipinski definition) is 1. The van der Waals surface area contributed by atoms with Crippen LogP contribution >= 0.6 is 11.3 Å². The molecule has 1 heterocycles. The van der Waals surface area contributed by atoms with Crippen LogP contribution in [0.1, 0.15) is 36.3 Å². The number of ether oxygens (including phenoxy) is 1. The molecule has 0 atom stereocenters. The Hall–Kier alpha value is -1.61. The maximum Gasteiger partial charge on any atom is 0.408 e. The predicted octanol–water partition coefficient (Wildman–Crippen LogP) is 2.35. The van der Waals surface area contributed by atoms with Crippen molar-refractivity contribution in [1.29, 1.82) is 5.26 Å². The molecule has 1 N–H and O–H groups in total. The smallest absolute Gasteiger partial charge is 0.408 e. The largest absolute Gasteiger partial charge is 0.444 e. The van der Waals surface area contributed by atoms with E-state index in [0.717, 1.165) is 4.88 Å². The van der Waals surface area contributed by atoms with Gasteiger partial charge in [-0.05, 0) is 27.7 Å². The van der Waals surface area contributed by atoms with Crippen LogP contribution in [0.2, 0.25) is 0 Å². The summed E-state index contributed by atoms with van der Waals surface area (Å²) in [5.74, 6) is 0. The molecule has 0 saturated heterocycles. The fourth-order valence-electron chi connectivity index (χ4n) is 1.09. The van der Waals surface area contributed by atoms with E-state index in [0.29, 0.717) is 10.7 Å². The Balaban J connectivity index is 2.51. The third kappa shape index (κ3) is 4.41. The summed E-state index contributed by atoms with van der Waals surface area (Å²) in [5, 5.41) is 12.0. The summed E-state index contributed by atoms with van der Waals surface area (Å²) in [5.41, 5.74) is -0.100. The molecule has 0 spiro atoms. The first kappa shape index (κ1) is 13.5. The zero-order valence-corrected chi connectivity index (χ0v) is 11.1. The molecule has 92 valence electrons. The van der Waals surface area contributed by atoms with E-state index >= 15 is 0 Å². The van der Waals surface area contributed by atoms with Gasteiger partial charge in [0, 0.05) is 4.88 Å². The maximum absolute atomic E-state index is 11.4. The van der Waals surface area contributed by atoms with Crippen LogP contribution in [0.25, 0.3) is 0 Å². The first-order valence-electron chi connectivity index (χ1n) is 5.15. The lowest BCUT2D eigenvalue weighted by Crippen LogP contribution is -2.32. The molecule has 0 unspecified atom stereocenters. The Morgan fingerprint density at radius 3 is 2.71 bits per heavy atom. The van der Waals surface area contributed by atoms with E-state index in [2.05, 4.69) is 10.3 Å². The summed E-state index contributed by atoms with van der Waals surface area (Å²) in [4.78, 5) is 16.3. The molecule has 5 nitrogen and oxygen atoms in total. The van der Waals surface area contributed by atoms with Gasteiger partial charge in [-0.3, -0.25) is 0 Å². The predicted molar refractivity (Wildman–Crippen MR) is 64.6 cm³/mol. The summed E-state index contributed by atoms with van der Waals surface area (Å²) >= 11 is 1.40. The monoisotopic (exact) mass is 253 g/mol. The topological polar surface area (TPSA) is 75.0 Å². The first-order chi connectivity index (χ1) is 7.81. The number of nitriles is 1. The minimum Gasteiger partial charge on any atom is -0.444 e. The van der Waals surface area contributed by atoms with Crippen molar-refractivity contribution in [2.75, 3.05) is 0 Å². The Morgan fingerprint density at radius 2 is 2.24 bits per heavy atom. The standard InChI is InChI=1S/C11H15N3O2S/c1-7-8(5-12)14-9(17-7)6-13-10(15)16-11(2,3)4/h6H2,1-4H3,(H,13,15). The molecule has 6 heteroatoms. The van der Waals surface area contributed by atoms with Crippen LogP contribution in [-0.2, 0) is 11.3 Å². The van der Waals surface area contributed by atoms with Gasteiger partial charge in [-0.1, -0.05) is 0 Å². The van der Waals surface area contributed by atoms with Gasteiger partial charge in [-0.15, -0.1) is 11.3 Å². The van der Waals surface area contributed by atoms with Crippen LogP contribution in [0, 0.1) is 18.3 Å². The van der Waals surface area contributed by atoms with Gasteiger partial charge < -0.3 is 10.1 Å². The highest BCUT2D eigenvalue weighted by molar-refractivity contribution is 7.11. The molecule has 0 saturated carbocycles. The van der Waals surface area contributed by atoms with Crippen LogP contribution in [0.4, 0.5) is 4.79 Å². The molecule has 0 radical (unpaired) electrons. The number of aryl methyl sites for hydroxylation is 1. The van der Waals surface area contributed by atoms with E-state index in [-0.39, 0.29) is 6.54 Å². The van der Waals surface area contributed by atoms with Gasteiger partial charge in [0.1, 0.15) is 16.7 Å². The van der Waals surface area contributed by atoms with Crippen LogP contribution in [0.5, 0.6) is 0 Å². The maximum atomic E-state index is 11.4. The Labute approximate surface area is 104 Å². The summed E-state index contributed by atoms with van der Waals surface area (Å²) in [6.45, 7) is 7.50. The molecule has 0 bridgehead atoms. The van der Waals surface area contributed by atoms with Crippen molar-refractivity contribution >= 4 is 17.4 Å². The first-order valence-corrected chi connectivity index (χ1v) is 5.97. The van der Waals surface area contributed by atoms with Crippen molar-refractivity contribution in [2.45, 2.75) is 39.8 Å². The number of aromatic nitrogens is 1. The quantitative estimate of drug-likeness (QED) is 0.877. The molecule has 0 fully saturated rings. The molecule has 0 aliphatic heterocycles. The normalized spacial score (nSPS) is 10.8. The van der Waals surface area contributed by atoms with Gasteiger partial charge in [-0.2, -0.15) is 5.26 Å². The molecule has 0 aliphatic carbocycles. The fraction of sp³-hybridized carbons (Fsp3) is 0.545. The second-order valence-electron chi connectivity index (χ2n) is 4.48. The lowest BCUT2D eigenvalue weighted by Gasteiger charge is -2.19. The third-order valence-electron chi connectivity index (χ3n) is 1.73. The second-order valence-corrected chi connectivity index (χ2v) is 5.77. The molecule has 1 amide bonds. The lowest BCUT2D eigenvalue weighted by atomic mass is 10.2. The molecule has 1 rings (SSSR count). The summed E-state index contributed by atoms with van der Waals surface area (Å²) in [7, 11) is 0. The number of carbonyl (C=O) groups is 1. The van der Waals surface area contributed by atoms with Gasteiger partial charge >= 0.3 is 6.09 Å². The van der Waals surface area contributed by atoms with Gasteiger partial charge in [0.05, 0.1) is 6.54 Å². The number of amides is 1. The second kappa shape index (κ2) is 5.15.